The van der Waals surface area contributed by atoms with Crippen molar-refractivity contribution in [2.24, 2.45) is 5.73 Å². The summed E-state index contributed by atoms with van der Waals surface area (Å²) in [5.74, 6) is -0.0708. The van der Waals surface area contributed by atoms with Crippen molar-refractivity contribution in [2.75, 3.05) is 5.73 Å². The molecule has 0 fully saturated rings. The van der Waals surface area contributed by atoms with E-state index in [0.717, 1.165) is 0 Å². The van der Waals surface area contributed by atoms with Crippen LogP contribution in [0.5, 0.6) is 11.5 Å². The van der Waals surface area contributed by atoms with Gasteiger partial charge in [0.05, 0.1) is 10.6 Å². The third kappa shape index (κ3) is 3.10. The van der Waals surface area contributed by atoms with E-state index in [4.69, 9.17) is 39.4 Å². The minimum atomic E-state index is -0.675. The largest absolute Gasteiger partial charge is 0.455 e. The lowest BCUT2D eigenvalue weighted by Crippen LogP contribution is -2.13. The zero-order valence-corrected chi connectivity index (χ0v) is 11.2. The molecule has 19 heavy (non-hydrogen) atoms. The predicted octanol–water partition coefficient (Wildman–Crippen LogP) is 3.47. The summed E-state index contributed by atoms with van der Waals surface area (Å²) in [6.45, 7) is 0. The molecule has 1 amide bonds. The Kier molecular flexibility index (Phi) is 3.83. The van der Waals surface area contributed by atoms with Gasteiger partial charge < -0.3 is 16.2 Å². The standard InChI is InChI=1S/C13H10Cl2N2O2/c14-7-2-1-3-9(4-7)19-12-10(13(17)18)5-8(16)6-11(12)15/h1-6H,16H2,(H2,17,18). The number of carbonyl (C=O) groups excluding carboxylic acids is 1. The van der Waals surface area contributed by atoms with Crippen LogP contribution in [-0.2, 0) is 0 Å². The van der Waals surface area contributed by atoms with Crippen molar-refractivity contribution in [3.63, 3.8) is 0 Å². The van der Waals surface area contributed by atoms with E-state index >= 15 is 0 Å². The van der Waals surface area contributed by atoms with Crippen molar-refractivity contribution < 1.29 is 9.53 Å². The molecule has 4 N–H and O–H groups in total. The molecule has 0 bridgehead atoms. The lowest BCUT2D eigenvalue weighted by atomic mass is 10.1. The number of nitrogens with two attached hydrogens (primary N) is 2. The van der Waals surface area contributed by atoms with E-state index in [0.29, 0.717) is 16.5 Å². The number of amides is 1. The van der Waals surface area contributed by atoms with Crippen LogP contribution in [0.3, 0.4) is 0 Å². The monoisotopic (exact) mass is 296 g/mol. The molecule has 0 aliphatic rings. The number of hydrogen-bond acceptors (Lipinski definition) is 3. The van der Waals surface area contributed by atoms with Gasteiger partial charge in [-0.3, -0.25) is 4.79 Å². The average molecular weight is 297 g/mol. The Balaban J connectivity index is 2.47. The molecule has 0 saturated heterocycles. The van der Waals surface area contributed by atoms with E-state index in [2.05, 4.69) is 0 Å². The normalized spacial score (nSPS) is 10.2. The van der Waals surface area contributed by atoms with E-state index in [1.165, 1.54) is 12.1 Å². The highest BCUT2D eigenvalue weighted by atomic mass is 35.5. The molecular weight excluding hydrogens is 287 g/mol. The van der Waals surface area contributed by atoms with Gasteiger partial charge in [0.2, 0.25) is 0 Å². The van der Waals surface area contributed by atoms with Crippen molar-refractivity contribution in [3.05, 3.63) is 52.0 Å². The SMILES string of the molecule is NC(=O)c1cc(N)cc(Cl)c1Oc1cccc(Cl)c1. The van der Waals surface area contributed by atoms with Crippen LogP contribution in [0.25, 0.3) is 0 Å². The molecule has 0 saturated carbocycles. The maximum atomic E-state index is 11.4. The van der Waals surface area contributed by atoms with Gasteiger partial charge in [0.25, 0.3) is 5.91 Å². The van der Waals surface area contributed by atoms with E-state index < -0.39 is 5.91 Å². The quantitative estimate of drug-likeness (QED) is 0.851. The van der Waals surface area contributed by atoms with Crippen molar-refractivity contribution in [1.29, 1.82) is 0 Å². The Bertz CT molecular complexity index is 645. The maximum absolute atomic E-state index is 11.4. The van der Waals surface area contributed by atoms with Gasteiger partial charge in [-0.05, 0) is 30.3 Å². The highest BCUT2D eigenvalue weighted by molar-refractivity contribution is 6.33. The van der Waals surface area contributed by atoms with E-state index in [9.17, 15) is 4.79 Å². The van der Waals surface area contributed by atoms with Crippen LogP contribution in [0.2, 0.25) is 10.0 Å². The molecule has 98 valence electrons. The number of anilines is 1. The number of rotatable bonds is 3. The Morgan fingerprint density at radius 1 is 1.16 bits per heavy atom. The first-order chi connectivity index (χ1) is 8.97. The van der Waals surface area contributed by atoms with Crippen LogP contribution in [0, 0.1) is 0 Å². The fraction of sp³-hybridized carbons (Fsp3) is 0. The fourth-order valence-corrected chi connectivity index (χ4v) is 2.00. The van der Waals surface area contributed by atoms with Gasteiger partial charge in [-0.15, -0.1) is 0 Å². The first-order valence-electron chi connectivity index (χ1n) is 5.29. The third-order valence-electron chi connectivity index (χ3n) is 2.35. The van der Waals surface area contributed by atoms with E-state index in [1.54, 1.807) is 24.3 Å². The minimum Gasteiger partial charge on any atom is -0.455 e. The molecule has 4 nitrogen and oxygen atoms in total. The second-order valence-electron chi connectivity index (χ2n) is 3.80. The summed E-state index contributed by atoms with van der Waals surface area (Å²) < 4.78 is 5.56. The lowest BCUT2D eigenvalue weighted by Gasteiger charge is -2.12. The minimum absolute atomic E-state index is 0.116. The smallest absolute Gasteiger partial charge is 0.252 e. The molecule has 0 aliphatic heterocycles. The van der Waals surface area contributed by atoms with E-state index in [1.807, 2.05) is 0 Å². The molecule has 2 aromatic rings. The predicted molar refractivity (Wildman–Crippen MR) is 75.9 cm³/mol. The second-order valence-corrected chi connectivity index (χ2v) is 4.65. The number of benzene rings is 2. The summed E-state index contributed by atoms with van der Waals surface area (Å²) in [5.41, 5.74) is 11.3. The molecule has 0 radical (unpaired) electrons. The molecule has 0 spiro atoms. The third-order valence-corrected chi connectivity index (χ3v) is 2.86. The van der Waals surface area contributed by atoms with Crippen molar-refractivity contribution in [3.8, 4) is 11.5 Å². The molecule has 0 unspecified atom stereocenters. The Morgan fingerprint density at radius 3 is 2.53 bits per heavy atom. The Hall–Kier alpha value is -1.91. The Morgan fingerprint density at radius 2 is 1.89 bits per heavy atom. The summed E-state index contributed by atoms with van der Waals surface area (Å²) >= 11 is 11.9. The fourth-order valence-electron chi connectivity index (χ4n) is 1.55. The number of carbonyl (C=O) groups is 1. The molecule has 2 aromatic carbocycles. The highest BCUT2D eigenvalue weighted by Gasteiger charge is 2.15. The van der Waals surface area contributed by atoms with Gasteiger partial charge in [0.1, 0.15) is 5.75 Å². The van der Waals surface area contributed by atoms with Crippen LogP contribution in [-0.4, -0.2) is 5.91 Å². The molecule has 2 rings (SSSR count). The molecule has 6 heteroatoms. The van der Waals surface area contributed by atoms with Crippen LogP contribution in [0.1, 0.15) is 10.4 Å². The van der Waals surface area contributed by atoms with E-state index in [-0.39, 0.29) is 16.3 Å². The van der Waals surface area contributed by atoms with Crippen LogP contribution in [0.4, 0.5) is 5.69 Å². The van der Waals surface area contributed by atoms with Gasteiger partial charge in [-0.1, -0.05) is 29.3 Å². The summed E-state index contributed by atoms with van der Waals surface area (Å²) in [7, 11) is 0. The first kappa shape index (κ1) is 13.5. The number of primary amides is 1. The van der Waals surface area contributed by atoms with Crippen molar-refractivity contribution in [2.45, 2.75) is 0 Å². The highest BCUT2D eigenvalue weighted by Crippen LogP contribution is 2.35. The summed E-state index contributed by atoms with van der Waals surface area (Å²) in [4.78, 5) is 11.4. The van der Waals surface area contributed by atoms with Crippen LogP contribution < -0.4 is 16.2 Å². The summed E-state index contributed by atoms with van der Waals surface area (Å²) in [5, 5.41) is 0.707. The van der Waals surface area contributed by atoms with Gasteiger partial charge in [0, 0.05) is 10.7 Å². The van der Waals surface area contributed by atoms with Gasteiger partial charge in [-0.2, -0.15) is 0 Å². The molecule has 0 heterocycles. The van der Waals surface area contributed by atoms with Crippen molar-refractivity contribution >= 4 is 34.8 Å². The molecule has 0 atom stereocenters. The maximum Gasteiger partial charge on any atom is 0.252 e. The molecular formula is C13H10Cl2N2O2. The number of hydrogen-bond donors (Lipinski definition) is 2. The number of halogens is 2. The van der Waals surface area contributed by atoms with Crippen LogP contribution >= 0.6 is 23.2 Å². The van der Waals surface area contributed by atoms with Gasteiger partial charge in [-0.25, -0.2) is 0 Å². The molecule has 0 aromatic heterocycles. The zero-order valence-electron chi connectivity index (χ0n) is 9.69. The first-order valence-corrected chi connectivity index (χ1v) is 6.05. The summed E-state index contributed by atoms with van der Waals surface area (Å²) in [6, 6.07) is 9.59. The second kappa shape index (κ2) is 5.38. The number of nitrogen functional groups attached to an aromatic ring is 1. The zero-order chi connectivity index (χ0) is 14.0. The molecule has 0 aliphatic carbocycles. The Labute approximate surface area is 119 Å². The average Bonchev–Trinajstić information content (AvgIpc) is 2.32. The summed E-state index contributed by atoms with van der Waals surface area (Å²) in [6.07, 6.45) is 0. The number of ether oxygens (including phenoxy) is 1. The van der Waals surface area contributed by atoms with Crippen LogP contribution in [0.15, 0.2) is 36.4 Å². The van der Waals surface area contributed by atoms with Gasteiger partial charge >= 0.3 is 0 Å². The topological polar surface area (TPSA) is 78.3 Å². The van der Waals surface area contributed by atoms with Gasteiger partial charge in [0.15, 0.2) is 5.75 Å². The van der Waals surface area contributed by atoms with Crippen molar-refractivity contribution in [1.82, 2.24) is 0 Å². The lowest BCUT2D eigenvalue weighted by molar-refractivity contribution is 0.0998.